The zero-order chi connectivity index (χ0) is 13.0. The Bertz CT molecular complexity index is 511. The number of rotatable bonds is 4. The normalized spacial score (nSPS) is 11.9. The summed E-state index contributed by atoms with van der Waals surface area (Å²) in [4.78, 5) is 11.7. The monoisotopic (exact) mass is 250 g/mol. The molecule has 0 fully saturated rings. The molecule has 2 aromatic rings. The smallest absolute Gasteiger partial charge is 0.266 e. The van der Waals surface area contributed by atoms with Gasteiger partial charge in [-0.05, 0) is 31.2 Å². The molecule has 1 aromatic carbocycles. The van der Waals surface area contributed by atoms with E-state index in [4.69, 9.17) is 4.74 Å². The van der Waals surface area contributed by atoms with Crippen molar-refractivity contribution >= 4 is 11.7 Å². The molecule has 1 unspecified atom stereocenters. The molecule has 1 amide bonds. The second-order valence-corrected chi connectivity index (χ2v) is 3.59. The van der Waals surface area contributed by atoms with Gasteiger partial charge in [0.2, 0.25) is 0 Å². The number of ether oxygens (including phenoxy) is 1. The number of benzene rings is 1. The van der Waals surface area contributed by atoms with Crippen molar-refractivity contribution < 1.29 is 18.4 Å². The molecule has 0 radical (unpaired) electrons. The van der Waals surface area contributed by atoms with Gasteiger partial charge < -0.3 is 14.6 Å². The zero-order valence-electron chi connectivity index (χ0n) is 9.59. The lowest BCUT2D eigenvalue weighted by Crippen LogP contribution is -2.30. The zero-order valence-corrected chi connectivity index (χ0v) is 9.59. The van der Waals surface area contributed by atoms with Crippen LogP contribution in [0.5, 0.6) is 5.75 Å². The second-order valence-electron chi connectivity index (χ2n) is 3.59. The fourth-order valence-corrected chi connectivity index (χ4v) is 1.28. The Morgan fingerprint density at radius 3 is 2.72 bits per heavy atom. The van der Waals surface area contributed by atoms with Crippen LogP contribution in [0.25, 0.3) is 0 Å². The van der Waals surface area contributed by atoms with Crippen LogP contribution in [0.2, 0.25) is 0 Å². The Hall–Kier alpha value is -2.37. The Morgan fingerprint density at radius 1 is 1.39 bits per heavy atom. The van der Waals surface area contributed by atoms with Crippen molar-refractivity contribution in [1.29, 1.82) is 0 Å². The van der Waals surface area contributed by atoms with E-state index in [2.05, 4.69) is 15.0 Å². The summed E-state index contributed by atoms with van der Waals surface area (Å²) in [5, 5.41) is 6.06. The van der Waals surface area contributed by atoms with Gasteiger partial charge in [0.25, 0.3) is 5.91 Å². The number of halogens is 1. The number of carbonyl (C=O) groups excluding carboxylic acids is 1. The number of nitrogens with one attached hydrogen (secondary N) is 1. The number of nitrogens with zero attached hydrogens (tertiary/aromatic N) is 1. The van der Waals surface area contributed by atoms with Crippen molar-refractivity contribution in [3.8, 4) is 5.75 Å². The van der Waals surface area contributed by atoms with Crippen molar-refractivity contribution in [3.05, 3.63) is 42.4 Å². The van der Waals surface area contributed by atoms with Crippen molar-refractivity contribution in [2.45, 2.75) is 13.0 Å². The fourth-order valence-electron chi connectivity index (χ4n) is 1.28. The molecule has 5 nitrogen and oxygen atoms in total. The Kier molecular flexibility index (Phi) is 3.57. The average molecular weight is 250 g/mol. The molecule has 1 N–H and O–H groups in total. The van der Waals surface area contributed by atoms with Gasteiger partial charge in [-0.3, -0.25) is 4.79 Å². The Labute approximate surface area is 103 Å². The quantitative estimate of drug-likeness (QED) is 0.903. The predicted molar refractivity (Wildman–Crippen MR) is 61.6 cm³/mol. The molecule has 2 rings (SSSR count). The lowest BCUT2D eigenvalue weighted by molar-refractivity contribution is -0.122. The van der Waals surface area contributed by atoms with Crippen molar-refractivity contribution in [1.82, 2.24) is 5.16 Å². The van der Waals surface area contributed by atoms with E-state index < -0.39 is 6.10 Å². The van der Waals surface area contributed by atoms with Gasteiger partial charge in [-0.25, -0.2) is 4.39 Å². The summed E-state index contributed by atoms with van der Waals surface area (Å²) in [7, 11) is 0. The molecule has 0 aliphatic heterocycles. The van der Waals surface area contributed by atoms with Gasteiger partial charge in [0.15, 0.2) is 11.9 Å². The highest BCUT2D eigenvalue weighted by molar-refractivity contribution is 5.93. The van der Waals surface area contributed by atoms with E-state index in [1.807, 2.05) is 0 Å². The molecule has 0 saturated carbocycles. The van der Waals surface area contributed by atoms with Crippen LogP contribution in [-0.4, -0.2) is 17.2 Å². The van der Waals surface area contributed by atoms with Gasteiger partial charge in [-0.2, -0.15) is 0 Å². The summed E-state index contributed by atoms with van der Waals surface area (Å²) in [5.41, 5.74) is 0. The van der Waals surface area contributed by atoms with Gasteiger partial charge in [-0.1, -0.05) is 5.16 Å². The van der Waals surface area contributed by atoms with E-state index in [9.17, 15) is 9.18 Å². The van der Waals surface area contributed by atoms with E-state index in [-0.39, 0.29) is 11.7 Å². The number of hydrogen-bond acceptors (Lipinski definition) is 4. The highest BCUT2D eigenvalue weighted by atomic mass is 19.1. The molecule has 0 aliphatic carbocycles. The van der Waals surface area contributed by atoms with Gasteiger partial charge in [0.1, 0.15) is 17.8 Å². The van der Waals surface area contributed by atoms with E-state index in [1.165, 1.54) is 36.6 Å². The third-order valence-electron chi connectivity index (χ3n) is 2.18. The molecular formula is C12H11FN2O3. The van der Waals surface area contributed by atoms with Crippen LogP contribution >= 0.6 is 0 Å². The largest absolute Gasteiger partial charge is 0.481 e. The van der Waals surface area contributed by atoms with Gasteiger partial charge in [0, 0.05) is 6.07 Å². The maximum Gasteiger partial charge on any atom is 0.266 e. The third kappa shape index (κ3) is 3.07. The second kappa shape index (κ2) is 5.31. The minimum absolute atomic E-state index is 0.314. The predicted octanol–water partition coefficient (Wildman–Crippen LogP) is 2.22. The molecule has 94 valence electrons. The summed E-state index contributed by atoms with van der Waals surface area (Å²) in [5.74, 6) is 0.00374. The molecule has 0 bridgehead atoms. The average Bonchev–Trinajstić information content (AvgIpc) is 2.85. The van der Waals surface area contributed by atoms with E-state index in [1.54, 1.807) is 6.92 Å². The molecule has 1 heterocycles. The van der Waals surface area contributed by atoms with E-state index in [0.29, 0.717) is 11.6 Å². The van der Waals surface area contributed by atoms with Crippen LogP contribution in [0.15, 0.2) is 41.1 Å². The molecule has 1 aromatic heterocycles. The Morgan fingerprint density at radius 2 is 2.11 bits per heavy atom. The van der Waals surface area contributed by atoms with Crippen molar-refractivity contribution in [3.63, 3.8) is 0 Å². The van der Waals surface area contributed by atoms with Crippen LogP contribution in [0.4, 0.5) is 10.2 Å². The van der Waals surface area contributed by atoms with Crippen LogP contribution in [0, 0.1) is 5.82 Å². The van der Waals surface area contributed by atoms with Gasteiger partial charge >= 0.3 is 0 Å². The van der Waals surface area contributed by atoms with Crippen LogP contribution < -0.4 is 10.1 Å². The van der Waals surface area contributed by atoms with Crippen LogP contribution in [-0.2, 0) is 4.79 Å². The standard InChI is InChI=1S/C12H11FN2O3/c1-8(12(16)14-11-6-7-17-15-11)18-10-4-2-9(13)3-5-10/h2-8H,1H3,(H,14,15,16). The number of carbonyl (C=O) groups is 1. The maximum atomic E-state index is 12.7. The lowest BCUT2D eigenvalue weighted by atomic mass is 10.3. The molecule has 1 atom stereocenters. The summed E-state index contributed by atoms with van der Waals surface area (Å²) in [6.45, 7) is 1.58. The first-order chi connectivity index (χ1) is 8.65. The summed E-state index contributed by atoms with van der Waals surface area (Å²) in [6, 6.07) is 6.95. The minimum Gasteiger partial charge on any atom is -0.481 e. The number of aromatic nitrogens is 1. The van der Waals surface area contributed by atoms with Crippen LogP contribution in [0.3, 0.4) is 0 Å². The molecular weight excluding hydrogens is 239 g/mol. The summed E-state index contributed by atoms with van der Waals surface area (Å²) in [6.07, 6.45) is 0.619. The van der Waals surface area contributed by atoms with Crippen LogP contribution in [0.1, 0.15) is 6.92 Å². The topological polar surface area (TPSA) is 64.4 Å². The SMILES string of the molecule is CC(Oc1ccc(F)cc1)C(=O)Nc1ccon1. The number of amides is 1. The molecule has 0 aliphatic rings. The molecule has 0 saturated heterocycles. The molecule has 0 spiro atoms. The lowest BCUT2D eigenvalue weighted by Gasteiger charge is -2.13. The fraction of sp³-hybridized carbons (Fsp3) is 0.167. The van der Waals surface area contributed by atoms with E-state index >= 15 is 0 Å². The number of anilines is 1. The van der Waals surface area contributed by atoms with Crippen molar-refractivity contribution in [2.24, 2.45) is 0 Å². The highest BCUT2D eigenvalue weighted by Crippen LogP contribution is 2.13. The summed E-state index contributed by atoms with van der Waals surface area (Å²) >= 11 is 0. The minimum atomic E-state index is -0.729. The highest BCUT2D eigenvalue weighted by Gasteiger charge is 2.15. The first kappa shape index (κ1) is 12.1. The Balaban J connectivity index is 1.93. The number of hydrogen-bond donors (Lipinski definition) is 1. The van der Waals surface area contributed by atoms with E-state index in [0.717, 1.165) is 0 Å². The van der Waals surface area contributed by atoms with Gasteiger partial charge in [0.05, 0.1) is 0 Å². The van der Waals surface area contributed by atoms with Crippen molar-refractivity contribution in [2.75, 3.05) is 5.32 Å². The first-order valence-corrected chi connectivity index (χ1v) is 5.28. The molecule has 6 heteroatoms. The summed E-state index contributed by atoms with van der Waals surface area (Å²) < 4.78 is 22.6. The third-order valence-corrected chi connectivity index (χ3v) is 2.18. The molecule has 18 heavy (non-hydrogen) atoms. The maximum absolute atomic E-state index is 12.7. The first-order valence-electron chi connectivity index (χ1n) is 5.28. The van der Waals surface area contributed by atoms with Gasteiger partial charge in [-0.15, -0.1) is 0 Å².